The van der Waals surface area contributed by atoms with E-state index < -0.39 is 6.09 Å². The lowest BCUT2D eigenvalue weighted by Gasteiger charge is -2.17. The monoisotopic (exact) mass is 342 g/mol. The molecule has 0 fully saturated rings. The normalized spacial score (nSPS) is 11.8. The van der Waals surface area contributed by atoms with Crippen molar-refractivity contribution < 1.29 is 23.8 Å². The standard InChI is InChI=1S/C18H18N2O5/c1-3-23-18(22)20(2)14-7-5-13(6-8-14)19-17(21)12-4-9-15-16(10-12)25-11-24-15/h4-10H,3,11H2,1-2H3,(H,19,21). The molecule has 0 spiro atoms. The van der Waals surface area contributed by atoms with E-state index in [0.717, 1.165) is 0 Å². The Hall–Kier alpha value is -3.22. The first kappa shape index (κ1) is 16.6. The van der Waals surface area contributed by atoms with Gasteiger partial charge in [-0.1, -0.05) is 0 Å². The highest BCUT2D eigenvalue weighted by molar-refractivity contribution is 6.04. The van der Waals surface area contributed by atoms with Gasteiger partial charge in [0.2, 0.25) is 6.79 Å². The average Bonchev–Trinajstić information content (AvgIpc) is 3.09. The van der Waals surface area contributed by atoms with Crippen molar-refractivity contribution >= 4 is 23.4 Å². The Morgan fingerprint density at radius 3 is 2.56 bits per heavy atom. The van der Waals surface area contributed by atoms with Gasteiger partial charge in [-0.15, -0.1) is 0 Å². The molecule has 2 aromatic carbocycles. The molecular formula is C18H18N2O5. The molecule has 130 valence electrons. The zero-order valence-electron chi connectivity index (χ0n) is 13.9. The number of carbonyl (C=O) groups excluding carboxylic acids is 2. The van der Waals surface area contributed by atoms with Crippen LogP contribution in [-0.2, 0) is 4.74 Å². The molecule has 7 nitrogen and oxygen atoms in total. The summed E-state index contributed by atoms with van der Waals surface area (Å²) in [6, 6.07) is 11.9. The van der Waals surface area contributed by atoms with Gasteiger partial charge in [-0.3, -0.25) is 9.69 Å². The number of nitrogens with zero attached hydrogens (tertiary/aromatic N) is 1. The summed E-state index contributed by atoms with van der Waals surface area (Å²) in [5, 5.41) is 2.80. The highest BCUT2D eigenvalue weighted by Crippen LogP contribution is 2.32. The summed E-state index contributed by atoms with van der Waals surface area (Å²) in [7, 11) is 1.62. The van der Waals surface area contributed by atoms with Crippen LogP contribution in [0.3, 0.4) is 0 Å². The summed E-state index contributed by atoms with van der Waals surface area (Å²) in [6.45, 7) is 2.23. The molecule has 1 heterocycles. The number of amides is 2. The second-order valence-corrected chi connectivity index (χ2v) is 5.33. The van der Waals surface area contributed by atoms with Crippen LogP contribution in [0.25, 0.3) is 0 Å². The number of rotatable bonds is 4. The molecule has 7 heteroatoms. The Bertz CT molecular complexity index is 789. The summed E-state index contributed by atoms with van der Waals surface area (Å²) in [5.74, 6) is 0.923. The van der Waals surface area contributed by atoms with Crippen molar-refractivity contribution in [1.82, 2.24) is 0 Å². The number of ether oxygens (including phenoxy) is 3. The number of benzene rings is 2. The van der Waals surface area contributed by atoms with Crippen molar-refractivity contribution in [3.8, 4) is 11.5 Å². The third kappa shape index (κ3) is 3.65. The minimum absolute atomic E-state index is 0.163. The van der Waals surface area contributed by atoms with Gasteiger partial charge in [0, 0.05) is 24.0 Å². The van der Waals surface area contributed by atoms with Crippen molar-refractivity contribution in [3.05, 3.63) is 48.0 Å². The minimum atomic E-state index is -0.431. The van der Waals surface area contributed by atoms with Crippen LogP contribution in [0.15, 0.2) is 42.5 Å². The first-order chi connectivity index (χ1) is 12.1. The Morgan fingerprint density at radius 2 is 1.84 bits per heavy atom. The van der Waals surface area contributed by atoms with E-state index in [2.05, 4.69) is 5.32 Å². The van der Waals surface area contributed by atoms with Gasteiger partial charge < -0.3 is 19.5 Å². The summed E-state index contributed by atoms with van der Waals surface area (Å²) >= 11 is 0. The first-order valence-corrected chi connectivity index (χ1v) is 7.80. The highest BCUT2D eigenvalue weighted by atomic mass is 16.7. The fourth-order valence-electron chi connectivity index (χ4n) is 2.34. The number of hydrogen-bond donors (Lipinski definition) is 1. The fourth-order valence-corrected chi connectivity index (χ4v) is 2.34. The molecule has 0 radical (unpaired) electrons. The highest BCUT2D eigenvalue weighted by Gasteiger charge is 2.16. The van der Waals surface area contributed by atoms with Crippen LogP contribution in [0.2, 0.25) is 0 Å². The predicted molar refractivity (Wildman–Crippen MR) is 92.4 cm³/mol. The lowest BCUT2D eigenvalue weighted by Crippen LogP contribution is -2.26. The van der Waals surface area contributed by atoms with E-state index in [1.165, 1.54) is 4.90 Å². The molecule has 0 aromatic heterocycles. The third-order valence-corrected chi connectivity index (χ3v) is 3.69. The Kier molecular flexibility index (Phi) is 4.74. The summed E-state index contributed by atoms with van der Waals surface area (Å²) in [5.41, 5.74) is 1.75. The van der Waals surface area contributed by atoms with Crippen LogP contribution in [0, 0.1) is 0 Å². The molecule has 0 bridgehead atoms. The van der Waals surface area contributed by atoms with E-state index in [4.69, 9.17) is 14.2 Å². The van der Waals surface area contributed by atoms with Crippen LogP contribution in [0.5, 0.6) is 11.5 Å². The lowest BCUT2D eigenvalue weighted by molar-refractivity contribution is 0.102. The van der Waals surface area contributed by atoms with E-state index in [1.807, 2.05) is 0 Å². The molecule has 25 heavy (non-hydrogen) atoms. The molecule has 1 aliphatic heterocycles. The number of anilines is 2. The number of carbonyl (C=O) groups is 2. The van der Waals surface area contributed by atoms with Gasteiger partial charge in [0.05, 0.1) is 6.61 Å². The van der Waals surface area contributed by atoms with Gasteiger partial charge in [0.1, 0.15) is 0 Å². The molecule has 3 rings (SSSR count). The molecule has 2 aromatic rings. The summed E-state index contributed by atoms with van der Waals surface area (Å²) in [6.07, 6.45) is -0.431. The van der Waals surface area contributed by atoms with Gasteiger partial charge in [0.25, 0.3) is 5.91 Å². The number of hydrogen-bond acceptors (Lipinski definition) is 5. The molecular weight excluding hydrogens is 324 g/mol. The molecule has 1 N–H and O–H groups in total. The quantitative estimate of drug-likeness (QED) is 0.923. The van der Waals surface area contributed by atoms with Crippen molar-refractivity contribution in [1.29, 1.82) is 0 Å². The van der Waals surface area contributed by atoms with Gasteiger partial charge in [0.15, 0.2) is 11.5 Å². The number of fused-ring (bicyclic) bond motifs is 1. The predicted octanol–water partition coefficient (Wildman–Crippen LogP) is 3.26. The Labute approximate surface area is 145 Å². The third-order valence-electron chi connectivity index (χ3n) is 3.69. The van der Waals surface area contributed by atoms with Crippen LogP contribution in [0.1, 0.15) is 17.3 Å². The fraction of sp³-hybridized carbons (Fsp3) is 0.222. The Morgan fingerprint density at radius 1 is 1.12 bits per heavy atom. The van der Waals surface area contributed by atoms with Crippen LogP contribution >= 0.6 is 0 Å². The lowest BCUT2D eigenvalue weighted by atomic mass is 10.2. The maximum Gasteiger partial charge on any atom is 0.413 e. The molecule has 0 unspecified atom stereocenters. The SMILES string of the molecule is CCOC(=O)N(C)c1ccc(NC(=O)c2ccc3c(c2)OCO3)cc1. The zero-order chi connectivity index (χ0) is 17.8. The molecule has 0 aliphatic carbocycles. The number of nitrogens with one attached hydrogen (secondary N) is 1. The average molecular weight is 342 g/mol. The maximum absolute atomic E-state index is 12.3. The van der Waals surface area contributed by atoms with Crippen LogP contribution in [-0.4, -0.2) is 32.4 Å². The van der Waals surface area contributed by atoms with Crippen LogP contribution in [0.4, 0.5) is 16.2 Å². The van der Waals surface area contributed by atoms with E-state index in [0.29, 0.717) is 35.0 Å². The molecule has 1 aliphatic rings. The summed E-state index contributed by atoms with van der Waals surface area (Å²) in [4.78, 5) is 25.4. The molecule has 0 saturated carbocycles. The van der Waals surface area contributed by atoms with E-state index in [1.54, 1.807) is 56.4 Å². The van der Waals surface area contributed by atoms with E-state index >= 15 is 0 Å². The molecule has 0 atom stereocenters. The van der Waals surface area contributed by atoms with Gasteiger partial charge in [-0.2, -0.15) is 0 Å². The largest absolute Gasteiger partial charge is 0.454 e. The van der Waals surface area contributed by atoms with E-state index in [-0.39, 0.29) is 12.7 Å². The van der Waals surface area contributed by atoms with Gasteiger partial charge in [-0.25, -0.2) is 4.79 Å². The van der Waals surface area contributed by atoms with Crippen molar-refractivity contribution in [2.75, 3.05) is 30.7 Å². The molecule has 0 saturated heterocycles. The van der Waals surface area contributed by atoms with Gasteiger partial charge in [-0.05, 0) is 49.4 Å². The zero-order valence-corrected chi connectivity index (χ0v) is 13.9. The van der Waals surface area contributed by atoms with E-state index in [9.17, 15) is 9.59 Å². The van der Waals surface area contributed by atoms with Crippen molar-refractivity contribution in [2.45, 2.75) is 6.92 Å². The maximum atomic E-state index is 12.3. The smallest absolute Gasteiger partial charge is 0.413 e. The van der Waals surface area contributed by atoms with Crippen molar-refractivity contribution in [2.24, 2.45) is 0 Å². The second kappa shape index (κ2) is 7.12. The Balaban J connectivity index is 1.67. The molecule has 2 amide bonds. The van der Waals surface area contributed by atoms with Crippen molar-refractivity contribution in [3.63, 3.8) is 0 Å². The first-order valence-electron chi connectivity index (χ1n) is 7.80. The second-order valence-electron chi connectivity index (χ2n) is 5.33. The van der Waals surface area contributed by atoms with Crippen LogP contribution < -0.4 is 19.7 Å². The summed E-state index contributed by atoms with van der Waals surface area (Å²) < 4.78 is 15.4. The van der Waals surface area contributed by atoms with Gasteiger partial charge >= 0.3 is 6.09 Å². The minimum Gasteiger partial charge on any atom is -0.454 e. The topological polar surface area (TPSA) is 77.1 Å².